The van der Waals surface area contributed by atoms with Gasteiger partial charge in [-0.3, -0.25) is 0 Å². The van der Waals surface area contributed by atoms with Crippen molar-refractivity contribution in [1.29, 1.82) is 0 Å². The Bertz CT molecular complexity index is 713. The van der Waals surface area contributed by atoms with E-state index in [2.05, 4.69) is 0 Å². The number of hydrogen-bond acceptors (Lipinski definition) is 5. The first-order chi connectivity index (χ1) is 9.76. The van der Waals surface area contributed by atoms with Gasteiger partial charge in [0.2, 0.25) is 10.0 Å². The van der Waals surface area contributed by atoms with E-state index in [9.17, 15) is 16.8 Å². The van der Waals surface area contributed by atoms with Gasteiger partial charge in [0.15, 0.2) is 9.84 Å². The van der Waals surface area contributed by atoms with Crippen LogP contribution < -0.4 is 5.73 Å². The first kappa shape index (κ1) is 16.4. The van der Waals surface area contributed by atoms with Crippen molar-refractivity contribution in [3.8, 4) is 0 Å². The Balaban J connectivity index is 2.44. The van der Waals surface area contributed by atoms with E-state index in [1.165, 1.54) is 28.6 Å². The lowest BCUT2D eigenvalue weighted by atomic mass is 10.1. The molecule has 0 spiro atoms. The predicted octanol–water partition coefficient (Wildman–Crippen LogP) is 0.592. The molecule has 1 saturated heterocycles. The van der Waals surface area contributed by atoms with Crippen molar-refractivity contribution >= 4 is 19.9 Å². The summed E-state index contributed by atoms with van der Waals surface area (Å²) in [4.78, 5) is 0.00987. The maximum absolute atomic E-state index is 12.7. The average molecular weight is 332 g/mol. The smallest absolute Gasteiger partial charge is 0.243 e. The Morgan fingerprint density at radius 1 is 1.19 bits per heavy atom. The van der Waals surface area contributed by atoms with Crippen molar-refractivity contribution < 1.29 is 16.8 Å². The fourth-order valence-electron chi connectivity index (χ4n) is 2.53. The molecule has 1 aromatic rings. The molecule has 1 aliphatic heterocycles. The van der Waals surface area contributed by atoms with E-state index < -0.39 is 19.9 Å². The van der Waals surface area contributed by atoms with Crippen LogP contribution in [0, 0.1) is 0 Å². The molecule has 1 fully saturated rings. The van der Waals surface area contributed by atoms with Gasteiger partial charge >= 0.3 is 0 Å². The summed E-state index contributed by atoms with van der Waals surface area (Å²) in [5, 5.41) is 0. The lowest BCUT2D eigenvalue weighted by Gasteiger charge is -2.33. The standard InChI is InChI=1S/C13H20N2O4S2/c1-20(16,17)12-6-4-7-13(9-12)21(18,19)15-8-3-2-5-11(15)10-14/h4,6-7,9,11H,2-3,5,8,10,14H2,1H3. The second kappa shape index (κ2) is 6.04. The normalized spacial score (nSPS) is 21.3. The topological polar surface area (TPSA) is 97.5 Å². The first-order valence-corrected chi connectivity index (χ1v) is 10.1. The molecule has 2 rings (SSSR count). The highest BCUT2D eigenvalue weighted by atomic mass is 32.2. The van der Waals surface area contributed by atoms with Gasteiger partial charge in [-0.1, -0.05) is 12.5 Å². The predicted molar refractivity (Wildman–Crippen MR) is 80.1 cm³/mol. The van der Waals surface area contributed by atoms with Crippen LogP contribution in [0.4, 0.5) is 0 Å². The van der Waals surface area contributed by atoms with Gasteiger partial charge in [-0.2, -0.15) is 4.31 Å². The third kappa shape index (κ3) is 3.45. The van der Waals surface area contributed by atoms with Crippen LogP contribution in [0.15, 0.2) is 34.1 Å². The summed E-state index contributed by atoms with van der Waals surface area (Å²) in [6, 6.07) is 5.26. The third-order valence-corrected chi connectivity index (χ3v) is 6.74. The molecule has 0 saturated carbocycles. The maximum atomic E-state index is 12.7. The Labute approximate surface area is 125 Å². The highest BCUT2D eigenvalue weighted by molar-refractivity contribution is 7.91. The molecule has 118 valence electrons. The van der Waals surface area contributed by atoms with Gasteiger partial charge in [0.05, 0.1) is 9.79 Å². The average Bonchev–Trinajstić information content (AvgIpc) is 2.46. The van der Waals surface area contributed by atoms with E-state index in [-0.39, 0.29) is 22.4 Å². The van der Waals surface area contributed by atoms with E-state index in [1.807, 2.05) is 0 Å². The van der Waals surface area contributed by atoms with E-state index in [4.69, 9.17) is 5.73 Å². The Morgan fingerprint density at radius 3 is 2.48 bits per heavy atom. The summed E-state index contributed by atoms with van der Waals surface area (Å²) in [7, 11) is -7.16. The van der Waals surface area contributed by atoms with Crippen molar-refractivity contribution in [2.45, 2.75) is 35.1 Å². The quantitative estimate of drug-likeness (QED) is 0.870. The molecule has 0 aliphatic carbocycles. The number of sulfone groups is 1. The molecule has 8 heteroatoms. The van der Waals surface area contributed by atoms with Crippen LogP contribution in [0.25, 0.3) is 0 Å². The first-order valence-electron chi connectivity index (χ1n) is 6.79. The summed E-state index contributed by atoms with van der Waals surface area (Å²) in [6.07, 6.45) is 3.54. The number of hydrogen-bond donors (Lipinski definition) is 1. The molecule has 0 bridgehead atoms. The molecule has 1 aromatic carbocycles. The largest absolute Gasteiger partial charge is 0.329 e. The molecular weight excluding hydrogens is 312 g/mol. The number of benzene rings is 1. The minimum atomic E-state index is -3.72. The summed E-state index contributed by atoms with van der Waals surface area (Å²) in [5.41, 5.74) is 5.67. The van der Waals surface area contributed by atoms with E-state index in [0.29, 0.717) is 6.54 Å². The molecule has 6 nitrogen and oxygen atoms in total. The molecule has 0 radical (unpaired) electrons. The van der Waals surface area contributed by atoms with Crippen molar-refractivity contribution in [2.75, 3.05) is 19.3 Å². The molecule has 0 amide bonds. The van der Waals surface area contributed by atoms with E-state index in [1.54, 1.807) is 0 Å². The van der Waals surface area contributed by atoms with Gasteiger partial charge in [0.25, 0.3) is 0 Å². The SMILES string of the molecule is CS(=O)(=O)c1cccc(S(=O)(=O)N2CCCCC2CN)c1. The Morgan fingerprint density at radius 2 is 1.86 bits per heavy atom. The van der Waals surface area contributed by atoms with Gasteiger partial charge in [0, 0.05) is 25.4 Å². The van der Waals surface area contributed by atoms with Crippen LogP contribution in [0.5, 0.6) is 0 Å². The van der Waals surface area contributed by atoms with Crippen molar-refractivity contribution in [1.82, 2.24) is 4.31 Å². The third-order valence-electron chi connectivity index (χ3n) is 3.69. The molecule has 2 N–H and O–H groups in total. The molecule has 0 aromatic heterocycles. The monoisotopic (exact) mass is 332 g/mol. The molecule has 1 heterocycles. The lowest BCUT2D eigenvalue weighted by molar-refractivity contribution is 0.257. The van der Waals surface area contributed by atoms with E-state index >= 15 is 0 Å². The fraction of sp³-hybridized carbons (Fsp3) is 0.538. The summed E-state index contributed by atoms with van der Waals surface area (Å²) in [6.45, 7) is 0.693. The lowest BCUT2D eigenvalue weighted by Crippen LogP contribution is -2.47. The van der Waals surface area contributed by atoms with Crippen LogP contribution in [0.3, 0.4) is 0 Å². The van der Waals surface area contributed by atoms with Gasteiger partial charge in [-0.15, -0.1) is 0 Å². The van der Waals surface area contributed by atoms with E-state index in [0.717, 1.165) is 25.5 Å². The zero-order valence-corrected chi connectivity index (χ0v) is 13.5. The zero-order valence-electron chi connectivity index (χ0n) is 11.9. The van der Waals surface area contributed by atoms with Crippen LogP contribution >= 0.6 is 0 Å². The zero-order chi connectivity index (χ0) is 15.7. The van der Waals surface area contributed by atoms with Gasteiger partial charge in [-0.05, 0) is 31.0 Å². The Kier molecular flexibility index (Phi) is 4.72. The molecule has 21 heavy (non-hydrogen) atoms. The van der Waals surface area contributed by atoms with Gasteiger partial charge in [0.1, 0.15) is 0 Å². The van der Waals surface area contributed by atoms with Crippen LogP contribution in [0.1, 0.15) is 19.3 Å². The van der Waals surface area contributed by atoms with Crippen LogP contribution in [0.2, 0.25) is 0 Å². The van der Waals surface area contributed by atoms with Crippen molar-refractivity contribution in [3.05, 3.63) is 24.3 Å². The number of nitrogens with zero attached hydrogens (tertiary/aromatic N) is 1. The second-order valence-corrected chi connectivity index (χ2v) is 9.15. The second-order valence-electron chi connectivity index (χ2n) is 5.25. The van der Waals surface area contributed by atoms with Crippen LogP contribution in [-0.4, -0.2) is 46.5 Å². The number of piperidine rings is 1. The summed E-state index contributed by atoms with van der Waals surface area (Å²) in [5.74, 6) is 0. The van der Waals surface area contributed by atoms with Crippen LogP contribution in [-0.2, 0) is 19.9 Å². The molecule has 1 aliphatic rings. The molecular formula is C13H20N2O4S2. The summed E-state index contributed by atoms with van der Waals surface area (Å²) < 4.78 is 50.0. The number of rotatable bonds is 4. The molecule has 1 atom stereocenters. The molecule has 1 unspecified atom stereocenters. The van der Waals surface area contributed by atoms with Crippen molar-refractivity contribution in [3.63, 3.8) is 0 Å². The summed E-state index contributed by atoms with van der Waals surface area (Å²) >= 11 is 0. The minimum absolute atomic E-state index is 0.00452. The fourth-order valence-corrected chi connectivity index (χ4v) is 5.02. The Hall–Kier alpha value is -0.960. The van der Waals surface area contributed by atoms with Crippen molar-refractivity contribution in [2.24, 2.45) is 5.73 Å². The maximum Gasteiger partial charge on any atom is 0.243 e. The number of sulfonamides is 1. The van der Waals surface area contributed by atoms with Gasteiger partial charge in [-0.25, -0.2) is 16.8 Å². The van der Waals surface area contributed by atoms with Gasteiger partial charge < -0.3 is 5.73 Å². The highest BCUT2D eigenvalue weighted by Crippen LogP contribution is 2.26. The number of nitrogens with two attached hydrogens (primary N) is 1. The highest BCUT2D eigenvalue weighted by Gasteiger charge is 2.33. The minimum Gasteiger partial charge on any atom is -0.329 e.